The zero-order valence-corrected chi connectivity index (χ0v) is 21.6. The van der Waals surface area contributed by atoms with Gasteiger partial charge in [0.05, 0.1) is 30.4 Å². The van der Waals surface area contributed by atoms with Crippen molar-refractivity contribution in [3.8, 4) is 0 Å². The van der Waals surface area contributed by atoms with E-state index in [1.165, 1.54) is 0 Å². The summed E-state index contributed by atoms with van der Waals surface area (Å²) in [6.45, 7) is 6.28. The second kappa shape index (κ2) is 10.6. The Kier molecular flexibility index (Phi) is 7.06. The molecule has 206 valence electrons. The van der Waals surface area contributed by atoms with Crippen molar-refractivity contribution < 1.29 is 28.6 Å². The molecule has 0 spiro atoms. The molecule has 2 aromatic carbocycles. The molecule has 3 fully saturated rings. The van der Waals surface area contributed by atoms with Crippen LogP contribution in [-0.4, -0.2) is 95.2 Å². The highest BCUT2D eigenvalue weighted by molar-refractivity contribution is 6.24. The molecule has 4 heterocycles. The third-order valence-corrected chi connectivity index (χ3v) is 8.11. The lowest BCUT2D eigenvalue weighted by Gasteiger charge is -2.46. The maximum Gasteiger partial charge on any atom is 0.264 e. The number of nitrogens with one attached hydrogen (secondary N) is 2. The first kappa shape index (κ1) is 25.9. The number of hydrogen-bond acceptors (Lipinski definition) is 8. The summed E-state index contributed by atoms with van der Waals surface area (Å²) in [6, 6.07) is 9.82. The number of halogens is 1. The van der Waals surface area contributed by atoms with Crippen LogP contribution < -0.4 is 10.6 Å². The molecule has 2 aromatic rings. The number of piperidine rings is 1. The molecule has 0 radical (unpaired) electrons. The van der Waals surface area contributed by atoms with E-state index in [1.807, 2.05) is 6.07 Å². The van der Waals surface area contributed by atoms with Gasteiger partial charge in [-0.15, -0.1) is 0 Å². The van der Waals surface area contributed by atoms with E-state index in [2.05, 4.69) is 20.4 Å². The lowest BCUT2D eigenvalue weighted by atomic mass is 10.0. The fraction of sp³-hybridized carbons (Fsp3) is 0.464. The summed E-state index contributed by atoms with van der Waals surface area (Å²) in [7, 11) is 0. The molecular weight excluding hydrogens is 505 g/mol. The Morgan fingerprint density at radius 2 is 1.87 bits per heavy atom. The number of anilines is 1. The van der Waals surface area contributed by atoms with Gasteiger partial charge in [-0.05, 0) is 30.2 Å². The molecule has 39 heavy (non-hydrogen) atoms. The SMILES string of the molecule is O=C1CCC(N2C(=O)c3cccc(NCc4ccc(CN5CC(N6CCOCC6)C5)cc4F)c3C2=O)C(O)N1. The van der Waals surface area contributed by atoms with Gasteiger partial charge in [0.15, 0.2) is 0 Å². The maximum atomic E-state index is 15.0. The number of fused-ring (bicyclic) bond motifs is 1. The molecule has 0 aliphatic carbocycles. The van der Waals surface area contributed by atoms with E-state index in [0.29, 0.717) is 23.8 Å². The topological polar surface area (TPSA) is 114 Å². The lowest BCUT2D eigenvalue weighted by molar-refractivity contribution is -0.129. The van der Waals surface area contributed by atoms with Gasteiger partial charge in [-0.1, -0.05) is 18.2 Å². The largest absolute Gasteiger partial charge is 0.380 e. The molecular formula is C28H32FN5O5. The molecule has 3 amide bonds. The number of likely N-dealkylation sites (tertiary alicyclic amines) is 1. The number of carbonyl (C=O) groups excluding carboxylic acids is 3. The smallest absolute Gasteiger partial charge is 0.264 e. The van der Waals surface area contributed by atoms with Gasteiger partial charge in [0.2, 0.25) is 5.91 Å². The van der Waals surface area contributed by atoms with E-state index >= 15 is 4.39 Å². The number of rotatable bonds is 7. The molecule has 11 heteroatoms. The van der Waals surface area contributed by atoms with Crippen LogP contribution in [0.5, 0.6) is 0 Å². The molecule has 10 nitrogen and oxygen atoms in total. The third kappa shape index (κ3) is 5.03. The minimum Gasteiger partial charge on any atom is -0.380 e. The Balaban J connectivity index is 1.08. The van der Waals surface area contributed by atoms with Crippen LogP contribution in [0, 0.1) is 5.82 Å². The Morgan fingerprint density at radius 3 is 2.62 bits per heavy atom. The number of ether oxygens (including phenoxy) is 1. The Bertz CT molecular complexity index is 1290. The number of nitrogens with zero attached hydrogens (tertiary/aromatic N) is 3. The number of aliphatic hydroxyl groups is 1. The van der Waals surface area contributed by atoms with Crippen molar-refractivity contribution in [2.24, 2.45) is 0 Å². The molecule has 3 saturated heterocycles. The van der Waals surface area contributed by atoms with Gasteiger partial charge in [0, 0.05) is 63.0 Å². The lowest BCUT2D eigenvalue weighted by Crippen LogP contribution is -2.60. The average molecular weight is 538 g/mol. The molecule has 6 rings (SSSR count). The molecule has 3 N–H and O–H groups in total. The standard InChI is InChI=1S/C28H32FN5O5/c29-21-12-17(14-32-15-19(16-32)33-8-10-39-11-9-33)4-5-18(21)13-30-22-3-1-2-20-25(22)28(38)34(27(20)37)23-6-7-24(35)31-26(23)36/h1-5,12,19,23,26,30,36H,6-11,13-16H2,(H,31,35). The normalized spacial score (nSPS) is 24.5. The molecule has 0 bridgehead atoms. The summed E-state index contributed by atoms with van der Waals surface area (Å²) in [5.41, 5.74) is 2.18. The Labute approximate surface area is 225 Å². The highest BCUT2D eigenvalue weighted by atomic mass is 19.1. The van der Waals surface area contributed by atoms with Crippen molar-refractivity contribution in [2.45, 2.75) is 44.2 Å². The summed E-state index contributed by atoms with van der Waals surface area (Å²) >= 11 is 0. The van der Waals surface area contributed by atoms with Crippen molar-refractivity contribution >= 4 is 23.4 Å². The molecule has 2 unspecified atom stereocenters. The average Bonchev–Trinajstić information content (AvgIpc) is 3.16. The minimum absolute atomic E-state index is 0.113. The fourth-order valence-electron chi connectivity index (χ4n) is 5.92. The summed E-state index contributed by atoms with van der Waals surface area (Å²) in [5.74, 6) is -1.72. The highest BCUT2D eigenvalue weighted by Crippen LogP contribution is 2.33. The first-order valence-electron chi connectivity index (χ1n) is 13.4. The Morgan fingerprint density at radius 1 is 1.08 bits per heavy atom. The highest BCUT2D eigenvalue weighted by Gasteiger charge is 2.45. The molecule has 4 aliphatic heterocycles. The van der Waals surface area contributed by atoms with Crippen molar-refractivity contribution in [2.75, 3.05) is 44.7 Å². The molecule has 4 aliphatic rings. The number of morpholine rings is 1. The molecule has 0 aromatic heterocycles. The van der Waals surface area contributed by atoms with Crippen molar-refractivity contribution in [1.82, 2.24) is 20.0 Å². The number of imide groups is 1. The van der Waals surface area contributed by atoms with Crippen molar-refractivity contribution in [1.29, 1.82) is 0 Å². The van der Waals surface area contributed by atoms with E-state index in [0.717, 1.165) is 49.9 Å². The monoisotopic (exact) mass is 537 g/mol. The number of benzene rings is 2. The van der Waals surface area contributed by atoms with Gasteiger partial charge in [-0.25, -0.2) is 4.39 Å². The quantitative estimate of drug-likeness (QED) is 0.451. The van der Waals surface area contributed by atoms with Crippen molar-refractivity contribution in [3.05, 3.63) is 64.5 Å². The second-order valence-electron chi connectivity index (χ2n) is 10.6. The zero-order valence-electron chi connectivity index (χ0n) is 21.6. The van der Waals surface area contributed by atoms with Gasteiger partial charge in [-0.3, -0.25) is 29.1 Å². The van der Waals surface area contributed by atoms with E-state index in [-0.39, 0.29) is 42.2 Å². The van der Waals surface area contributed by atoms with Crippen molar-refractivity contribution in [3.63, 3.8) is 0 Å². The minimum atomic E-state index is -1.32. The summed E-state index contributed by atoms with van der Waals surface area (Å²) in [5, 5.41) is 15.8. The van der Waals surface area contributed by atoms with Crippen LogP contribution in [0.15, 0.2) is 36.4 Å². The van der Waals surface area contributed by atoms with Gasteiger partial charge in [0.25, 0.3) is 11.8 Å². The van der Waals surface area contributed by atoms with Gasteiger partial charge in [0.1, 0.15) is 12.0 Å². The third-order valence-electron chi connectivity index (χ3n) is 8.11. The van der Waals surface area contributed by atoms with Gasteiger partial charge < -0.3 is 20.5 Å². The fourth-order valence-corrected chi connectivity index (χ4v) is 5.92. The first-order valence-corrected chi connectivity index (χ1v) is 13.4. The predicted molar refractivity (Wildman–Crippen MR) is 139 cm³/mol. The van der Waals surface area contributed by atoms with Crippen LogP contribution in [0.25, 0.3) is 0 Å². The van der Waals surface area contributed by atoms with E-state index < -0.39 is 24.1 Å². The number of hydrogen-bond donors (Lipinski definition) is 3. The van der Waals surface area contributed by atoms with Crippen LogP contribution in [0.4, 0.5) is 10.1 Å². The second-order valence-corrected chi connectivity index (χ2v) is 10.6. The molecule has 0 saturated carbocycles. The van der Waals surface area contributed by atoms with Gasteiger partial charge in [-0.2, -0.15) is 0 Å². The maximum absolute atomic E-state index is 15.0. The summed E-state index contributed by atoms with van der Waals surface area (Å²) in [6.07, 6.45) is -1.02. The van der Waals surface area contributed by atoms with Crippen LogP contribution in [-0.2, 0) is 22.6 Å². The number of aliphatic hydroxyl groups excluding tert-OH is 1. The van der Waals surface area contributed by atoms with E-state index in [1.54, 1.807) is 30.3 Å². The predicted octanol–water partition coefficient (Wildman–Crippen LogP) is 1.15. The van der Waals surface area contributed by atoms with Crippen LogP contribution >= 0.6 is 0 Å². The summed E-state index contributed by atoms with van der Waals surface area (Å²) in [4.78, 5) is 43.7. The zero-order chi connectivity index (χ0) is 27.1. The van der Waals surface area contributed by atoms with Gasteiger partial charge >= 0.3 is 0 Å². The van der Waals surface area contributed by atoms with E-state index in [9.17, 15) is 19.5 Å². The molecule has 2 atom stereocenters. The van der Waals surface area contributed by atoms with Crippen LogP contribution in [0.1, 0.15) is 44.7 Å². The first-order chi connectivity index (χ1) is 18.9. The van der Waals surface area contributed by atoms with Crippen LogP contribution in [0.3, 0.4) is 0 Å². The number of amides is 3. The Hall–Kier alpha value is -3.38. The van der Waals surface area contributed by atoms with Crippen LogP contribution in [0.2, 0.25) is 0 Å². The van der Waals surface area contributed by atoms with E-state index in [4.69, 9.17) is 4.74 Å². The number of carbonyl (C=O) groups is 3. The summed E-state index contributed by atoms with van der Waals surface area (Å²) < 4.78 is 20.4.